The maximum Gasteiger partial charge on any atom is 0.237 e. The van der Waals surface area contributed by atoms with Crippen LogP contribution >= 0.6 is 0 Å². The number of amides is 1. The van der Waals surface area contributed by atoms with Crippen LogP contribution in [0.5, 0.6) is 0 Å². The Morgan fingerprint density at radius 1 is 1.60 bits per heavy atom. The van der Waals surface area contributed by atoms with Crippen molar-refractivity contribution >= 4 is 5.91 Å². The normalized spacial score (nSPS) is 21.9. The molecule has 0 radical (unpaired) electrons. The zero-order valence-corrected chi connectivity index (χ0v) is 9.67. The predicted octanol–water partition coefficient (Wildman–Crippen LogP) is 0.326. The van der Waals surface area contributed by atoms with Gasteiger partial charge in [0.1, 0.15) is 0 Å². The summed E-state index contributed by atoms with van der Waals surface area (Å²) in [4.78, 5) is 14.1. The number of nitrogens with one attached hydrogen (secondary N) is 1. The van der Waals surface area contributed by atoms with E-state index in [2.05, 4.69) is 17.1 Å². The van der Waals surface area contributed by atoms with Gasteiger partial charge in [-0.25, -0.2) is 0 Å². The van der Waals surface area contributed by atoms with Gasteiger partial charge < -0.3 is 11.1 Å². The fourth-order valence-electron chi connectivity index (χ4n) is 2.11. The maximum absolute atomic E-state index is 11.8. The fourth-order valence-corrected chi connectivity index (χ4v) is 2.11. The molecule has 4 heteroatoms. The molecule has 15 heavy (non-hydrogen) atoms. The highest BCUT2D eigenvalue weighted by Gasteiger charge is 2.29. The van der Waals surface area contributed by atoms with Gasteiger partial charge in [-0.1, -0.05) is 6.92 Å². The van der Waals surface area contributed by atoms with Gasteiger partial charge in [-0.3, -0.25) is 9.69 Å². The van der Waals surface area contributed by atoms with Gasteiger partial charge in [0.05, 0.1) is 6.04 Å². The van der Waals surface area contributed by atoms with Crippen LogP contribution in [-0.2, 0) is 4.79 Å². The molecule has 3 N–H and O–H groups in total. The molecule has 0 spiro atoms. The molecule has 1 saturated heterocycles. The van der Waals surface area contributed by atoms with Gasteiger partial charge in [-0.2, -0.15) is 0 Å². The van der Waals surface area contributed by atoms with E-state index in [1.54, 1.807) is 0 Å². The number of nitrogens with zero attached hydrogens (tertiary/aromatic N) is 1. The van der Waals surface area contributed by atoms with Gasteiger partial charge in [-0.15, -0.1) is 0 Å². The highest BCUT2D eigenvalue weighted by Crippen LogP contribution is 2.17. The molecule has 1 rings (SSSR count). The lowest BCUT2D eigenvalue weighted by Crippen LogP contribution is -2.43. The number of rotatable bonds is 6. The summed E-state index contributed by atoms with van der Waals surface area (Å²) < 4.78 is 0. The number of hydrogen-bond acceptors (Lipinski definition) is 3. The Morgan fingerprint density at radius 2 is 2.40 bits per heavy atom. The minimum absolute atomic E-state index is 0.114. The lowest BCUT2D eigenvalue weighted by molar-refractivity contribution is -0.125. The standard InChI is InChI=1S/C11H23N3O/c1-2-8-14-9-3-5-10(14)11(15)13-7-4-6-12/h10H,2-9,12H2,1H3,(H,13,15). The predicted molar refractivity (Wildman–Crippen MR) is 61.6 cm³/mol. The SMILES string of the molecule is CCCN1CCCC1C(=O)NCCCN. The van der Waals surface area contributed by atoms with E-state index >= 15 is 0 Å². The average Bonchev–Trinajstić information content (AvgIpc) is 2.67. The van der Waals surface area contributed by atoms with Crippen molar-refractivity contribution in [1.29, 1.82) is 0 Å². The van der Waals surface area contributed by atoms with Crippen molar-refractivity contribution in [3.05, 3.63) is 0 Å². The Labute approximate surface area is 92.2 Å². The minimum Gasteiger partial charge on any atom is -0.355 e. The van der Waals surface area contributed by atoms with E-state index in [1.165, 1.54) is 0 Å². The molecule has 1 aliphatic rings. The van der Waals surface area contributed by atoms with E-state index in [4.69, 9.17) is 5.73 Å². The summed E-state index contributed by atoms with van der Waals surface area (Å²) in [6.45, 7) is 5.62. The van der Waals surface area contributed by atoms with E-state index < -0.39 is 0 Å². The van der Waals surface area contributed by atoms with E-state index in [0.717, 1.165) is 38.8 Å². The summed E-state index contributed by atoms with van der Waals surface area (Å²) >= 11 is 0. The first kappa shape index (κ1) is 12.5. The average molecular weight is 213 g/mol. The van der Waals surface area contributed by atoms with Crippen LogP contribution in [0.2, 0.25) is 0 Å². The van der Waals surface area contributed by atoms with Crippen LogP contribution in [0.3, 0.4) is 0 Å². The first-order valence-corrected chi connectivity index (χ1v) is 6.01. The Morgan fingerprint density at radius 3 is 3.07 bits per heavy atom. The summed E-state index contributed by atoms with van der Waals surface area (Å²) in [5.41, 5.74) is 5.38. The number of hydrogen-bond donors (Lipinski definition) is 2. The molecular formula is C11H23N3O. The molecule has 1 atom stereocenters. The lowest BCUT2D eigenvalue weighted by Gasteiger charge is -2.22. The van der Waals surface area contributed by atoms with Crippen LogP contribution in [0.4, 0.5) is 0 Å². The number of nitrogens with two attached hydrogens (primary N) is 1. The topological polar surface area (TPSA) is 58.4 Å². The van der Waals surface area contributed by atoms with Crippen molar-refractivity contribution in [2.75, 3.05) is 26.2 Å². The van der Waals surface area contributed by atoms with Crippen LogP contribution in [0.25, 0.3) is 0 Å². The molecule has 0 aliphatic carbocycles. The molecule has 1 amide bonds. The number of likely N-dealkylation sites (tertiary alicyclic amines) is 1. The van der Waals surface area contributed by atoms with Gasteiger partial charge in [0.15, 0.2) is 0 Å². The fraction of sp³-hybridized carbons (Fsp3) is 0.909. The van der Waals surface area contributed by atoms with Crippen molar-refractivity contribution < 1.29 is 4.79 Å². The van der Waals surface area contributed by atoms with Crippen molar-refractivity contribution in [3.8, 4) is 0 Å². The second kappa shape index (κ2) is 6.80. The molecule has 1 fully saturated rings. The molecule has 0 aromatic carbocycles. The van der Waals surface area contributed by atoms with Crippen LogP contribution in [0, 0.1) is 0 Å². The van der Waals surface area contributed by atoms with E-state index in [0.29, 0.717) is 13.1 Å². The molecule has 0 saturated carbocycles. The Bertz CT molecular complexity index is 196. The highest BCUT2D eigenvalue weighted by atomic mass is 16.2. The van der Waals surface area contributed by atoms with Gasteiger partial charge in [0, 0.05) is 6.54 Å². The zero-order valence-electron chi connectivity index (χ0n) is 9.67. The summed E-state index contributed by atoms with van der Waals surface area (Å²) in [7, 11) is 0. The number of carbonyl (C=O) groups is 1. The zero-order chi connectivity index (χ0) is 11.1. The summed E-state index contributed by atoms with van der Waals surface area (Å²) in [5.74, 6) is 0.189. The lowest BCUT2D eigenvalue weighted by atomic mass is 10.2. The molecule has 0 aromatic rings. The van der Waals surface area contributed by atoms with Gasteiger partial charge in [0.2, 0.25) is 5.91 Å². The third-order valence-corrected chi connectivity index (χ3v) is 2.86. The van der Waals surface area contributed by atoms with Gasteiger partial charge in [0.25, 0.3) is 0 Å². The molecule has 1 unspecified atom stereocenters. The molecule has 0 bridgehead atoms. The number of carbonyl (C=O) groups excluding carboxylic acids is 1. The molecule has 1 aliphatic heterocycles. The molecule has 4 nitrogen and oxygen atoms in total. The van der Waals surface area contributed by atoms with Crippen LogP contribution in [0.1, 0.15) is 32.6 Å². The Balaban J connectivity index is 2.30. The van der Waals surface area contributed by atoms with Gasteiger partial charge >= 0.3 is 0 Å². The Hall–Kier alpha value is -0.610. The van der Waals surface area contributed by atoms with E-state index in [1.807, 2.05) is 0 Å². The largest absolute Gasteiger partial charge is 0.355 e. The molecule has 88 valence electrons. The second-order valence-electron chi connectivity index (χ2n) is 4.13. The smallest absolute Gasteiger partial charge is 0.237 e. The molecule has 1 heterocycles. The molecular weight excluding hydrogens is 190 g/mol. The highest BCUT2D eigenvalue weighted by molar-refractivity contribution is 5.81. The second-order valence-corrected chi connectivity index (χ2v) is 4.13. The van der Waals surface area contributed by atoms with Crippen molar-refractivity contribution in [2.45, 2.75) is 38.6 Å². The van der Waals surface area contributed by atoms with Gasteiger partial charge in [-0.05, 0) is 45.3 Å². The van der Waals surface area contributed by atoms with Crippen LogP contribution in [-0.4, -0.2) is 43.0 Å². The van der Waals surface area contributed by atoms with Crippen molar-refractivity contribution in [1.82, 2.24) is 10.2 Å². The summed E-state index contributed by atoms with van der Waals surface area (Å²) in [5, 5.41) is 2.95. The summed E-state index contributed by atoms with van der Waals surface area (Å²) in [6, 6.07) is 0.114. The first-order chi connectivity index (χ1) is 7.29. The third-order valence-electron chi connectivity index (χ3n) is 2.86. The third kappa shape index (κ3) is 3.80. The quantitative estimate of drug-likeness (QED) is 0.625. The van der Waals surface area contributed by atoms with Crippen LogP contribution in [0.15, 0.2) is 0 Å². The summed E-state index contributed by atoms with van der Waals surface area (Å²) in [6.07, 6.45) is 4.14. The van der Waals surface area contributed by atoms with Crippen molar-refractivity contribution in [3.63, 3.8) is 0 Å². The van der Waals surface area contributed by atoms with Crippen LogP contribution < -0.4 is 11.1 Å². The van der Waals surface area contributed by atoms with E-state index in [9.17, 15) is 4.79 Å². The molecule has 0 aromatic heterocycles. The monoisotopic (exact) mass is 213 g/mol. The van der Waals surface area contributed by atoms with Crippen molar-refractivity contribution in [2.24, 2.45) is 5.73 Å². The Kier molecular flexibility index (Phi) is 5.65. The maximum atomic E-state index is 11.8. The first-order valence-electron chi connectivity index (χ1n) is 6.01. The van der Waals surface area contributed by atoms with E-state index in [-0.39, 0.29) is 11.9 Å². The minimum atomic E-state index is 0.114.